The topological polar surface area (TPSA) is 26.8 Å². The summed E-state index contributed by atoms with van der Waals surface area (Å²) in [5, 5.41) is 0. The second kappa shape index (κ2) is 5.61. The zero-order valence-corrected chi connectivity index (χ0v) is 12.3. The Labute approximate surface area is 115 Å². The summed E-state index contributed by atoms with van der Waals surface area (Å²) in [4.78, 5) is 18.8. The standard InChI is InChI=1S/C15H23N3O/c1-12-11-17(4)9-10-18(12)15(19)13-5-7-14(8-6-13)16(2)3/h5-8,12H,9-11H2,1-4H3. The Kier molecular flexibility index (Phi) is 4.10. The van der Waals surface area contributed by atoms with Crippen molar-refractivity contribution < 1.29 is 4.79 Å². The highest BCUT2D eigenvalue weighted by atomic mass is 16.2. The molecule has 1 unspecified atom stereocenters. The Morgan fingerprint density at radius 2 is 1.84 bits per heavy atom. The van der Waals surface area contributed by atoms with Gasteiger partial charge in [-0.25, -0.2) is 0 Å². The number of anilines is 1. The molecule has 0 aliphatic carbocycles. The van der Waals surface area contributed by atoms with Crippen LogP contribution in [0.5, 0.6) is 0 Å². The Balaban J connectivity index is 2.11. The molecule has 1 atom stereocenters. The van der Waals surface area contributed by atoms with E-state index in [2.05, 4.69) is 18.9 Å². The number of amides is 1. The van der Waals surface area contributed by atoms with Crippen molar-refractivity contribution in [1.29, 1.82) is 0 Å². The molecule has 0 spiro atoms. The number of piperazine rings is 1. The maximum atomic E-state index is 12.5. The smallest absolute Gasteiger partial charge is 0.254 e. The van der Waals surface area contributed by atoms with E-state index in [0.29, 0.717) is 0 Å². The third kappa shape index (κ3) is 3.07. The van der Waals surface area contributed by atoms with Crippen molar-refractivity contribution in [3.63, 3.8) is 0 Å². The molecule has 0 radical (unpaired) electrons. The van der Waals surface area contributed by atoms with Crippen molar-refractivity contribution in [2.75, 3.05) is 45.7 Å². The molecular formula is C15H23N3O. The zero-order chi connectivity index (χ0) is 14.0. The molecule has 4 nitrogen and oxygen atoms in total. The largest absolute Gasteiger partial charge is 0.378 e. The first-order valence-corrected chi connectivity index (χ1v) is 6.76. The molecule has 1 aromatic carbocycles. The van der Waals surface area contributed by atoms with Crippen LogP contribution in [-0.2, 0) is 0 Å². The van der Waals surface area contributed by atoms with Gasteiger partial charge in [0.15, 0.2) is 0 Å². The minimum atomic E-state index is 0.144. The summed E-state index contributed by atoms with van der Waals surface area (Å²) < 4.78 is 0. The Morgan fingerprint density at radius 1 is 1.21 bits per heavy atom. The predicted molar refractivity (Wildman–Crippen MR) is 78.8 cm³/mol. The highest BCUT2D eigenvalue weighted by Gasteiger charge is 2.26. The summed E-state index contributed by atoms with van der Waals surface area (Å²) in [6, 6.07) is 8.10. The van der Waals surface area contributed by atoms with Gasteiger partial charge in [-0.1, -0.05) is 0 Å². The van der Waals surface area contributed by atoms with Crippen LogP contribution in [0.25, 0.3) is 0 Å². The molecule has 0 saturated carbocycles. The molecule has 19 heavy (non-hydrogen) atoms. The lowest BCUT2D eigenvalue weighted by atomic mass is 10.1. The van der Waals surface area contributed by atoms with Crippen LogP contribution < -0.4 is 4.90 Å². The van der Waals surface area contributed by atoms with E-state index >= 15 is 0 Å². The quantitative estimate of drug-likeness (QED) is 0.808. The summed E-state index contributed by atoms with van der Waals surface area (Å²) in [5.41, 5.74) is 1.89. The maximum Gasteiger partial charge on any atom is 0.254 e. The van der Waals surface area contributed by atoms with E-state index in [9.17, 15) is 4.79 Å². The van der Waals surface area contributed by atoms with Gasteiger partial charge in [0.05, 0.1) is 0 Å². The van der Waals surface area contributed by atoms with Crippen molar-refractivity contribution in [3.05, 3.63) is 29.8 Å². The third-order valence-electron chi connectivity index (χ3n) is 3.72. The summed E-state index contributed by atoms with van der Waals surface area (Å²) in [6.45, 7) is 4.82. The first-order valence-electron chi connectivity index (χ1n) is 6.76. The van der Waals surface area contributed by atoms with E-state index in [-0.39, 0.29) is 11.9 Å². The average molecular weight is 261 g/mol. The van der Waals surface area contributed by atoms with Crippen LogP contribution in [0.3, 0.4) is 0 Å². The van der Waals surface area contributed by atoms with Crippen LogP contribution in [0.1, 0.15) is 17.3 Å². The number of carbonyl (C=O) groups is 1. The van der Waals surface area contributed by atoms with E-state index < -0.39 is 0 Å². The van der Waals surface area contributed by atoms with Gasteiger partial charge < -0.3 is 14.7 Å². The second-order valence-electron chi connectivity index (χ2n) is 5.55. The minimum absolute atomic E-state index is 0.144. The molecule has 1 fully saturated rings. The number of carbonyl (C=O) groups excluding carboxylic acids is 1. The maximum absolute atomic E-state index is 12.5. The third-order valence-corrected chi connectivity index (χ3v) is 3.72. The Hall–Kier alpha value is -1.55. The summed E-state index contributed by atoms with van der Waals surface area (Å²) in [7, 11) is 6.10. The minimum Gasteiger partial charge on any atom is -0.378 e. The molecule has 2 rings (SSSR count). The monoisotopic (exact) mass is 261 g/mol. The van der Waals surface area contributed by atoms with Crippen LogP contribution in [0, 0.1) is 0 Å². The highest BCUT2D eigenvalue weighted by Crippen LogP contribution is 2.16. The number of likely N-dealkylation sites (N-methyl/N-ethyl adjacent to an activating group) is 1. The predicted octanol–water partition coefficient (Wildman–Crippen LogP) is 1.53. The van der Waals surface area contributed by atoms with E-state index in [1.807, 2.05) is 48.2 Å². The number of rotatable bonds is 2. The molecule has 1 aliphatic heterocycles. The molecule has 104 valence electrons. The van der Waals surface area contributed by atoms with E-state index in [0.717, 1.165) is 30.9 Å². The summed E-state index contributed by atoms with van der Waals surface area (Å²) in [6.07, 6.45) is 0. The van der Waals surface area contributed by atoms with Crippen LogP contribution in [-0.4, -0.2) is 62.5 Å². The highest BCUT2D eigenvalue weighted by molar-refractivity contribution is 5.94. The van der Waals surface area contributed by atoms with Gasteiger partial charge in [-0.05, 0) is 38.2 Å². The number of hydrogen-bond acceptors (Lipinski definition) is 3. The van der Waals surface area contributed by atoms with Gasteiger partial charge in [-0.2, -0.15) is 0 Å². The van der Waals surface area contributed by atoms with Crippen molar-refractivity contribution in [1.82, 2.24) is 9.80 Å². The molecule has 4 heteroatoms. The van der Waals surface area contributed by atoms with Gasteiger partial charge >= 0.3 is 0 Å². The fraction of sp³-hybridized carbons (Fsp3) is 0.533. The lowest BCUT2D eigenvalue weighted by Gasteiger charge is -2.38. The SMILES string of the molecule is CC1CN(C)CCN1C(=O)c1ccc(N(C)C)cc1. The number of nitrogens with zero attached hydrogens (tertiary/aromatic N) is 3. The van der Waals surface area contributed by atoms with Crippen LogP contribution in [0.2, 0.25) is 0 Å². The van der Waals surface area contributed by atoms with Gasteiger partial charge in [0, 0.05) is 51.0 Å². The first-order chi connectivity index (χ1) is 8.99. The van der Waals surface area contributed by atoms with Gasteiger partial charge in [-0.3, -0.25) is 4.79 Å². The molecule has 1 aliphatic rings. The van der Waals surface area contributed by atoms with Crippen molar-refractivity contribution in [2.45, 2.75) is 13.0 Å². The lowest BCUT2D eigenvalue weighted by Crippen LogP contribution is -2.52. The van der Waals surface area contributed by atoms with Crippen LogP contribution >= 0.6 is 0 Å². The molecule has 1 heterocycles. The number of hydrogen-bond donors (Lipinski definition) is 0. The van der Waals surface area contributed by atoms with Gasteiger partial charge in [0.1, 0.15) is 0 Å². The van der Waals surface area contributed by atoms with Crippen molar-refractivity contribution >= 4 is 11.6 Å². The molecule has 1 amide bonds. The Morgan fingerprint density at radius 3 is 2.37 bits per heavy atom. The Bertz CT molecular complexity index is 441. The second-order valence-corrected chi connectivity index (χ2v) is 5.55. The summed E-state index contributed by atoms with van der Waals surface area (Å²) in [5.74, 6) is 0.144. The average Bonchev–Trinajstić information content (AvgIpc) is 2.38. The van der Waals surface area contributed by atoms with E-state index in [1.54, 1.807) is 0 Å². The fourth-order valence-corrected chi connectivity index (χ4v) is 2.51. The zero-order valence-electron chi connectivity index (χ0n) is 12.3. The van der Waals surface area contributed by atoms with Crippen LogP contribution in [0.4, 0.5) is 5.69 Å². The van der Waals surface area contributed by atoms with Crippen LogP contribution in [0.15, 0.2) is 24.3 Å². The molecule has 1 saturated heterocycles. The lowest BCUT2D eigenvalue weighted by molar-refractivity contribution is 0.0533. The van der Waals surface area contributed by atoms with E-state index in [1.165, 1.54) is 0 Å². The molecular weight excluding hydrogens is 238 g/mol. The van der Waals surface area contributed by atoms with E-state index in [4.69, 9.17) is 0 Å². The molecule has 0 aromatic heterocycles. The molecule has 1 aromatic rings. The first kappa shape index (κ1) is 13.9. The fourth-order valence-electron chi connectivity index (χ4n) is 2.51. The van der Waals surface area contributed by atoms with Gasteiger partial charge in [0.25, 0.3) is 5.91 Å². The van der Waals surface area contributed by atoms with Gasteiger partial charge in [-0.15, -0.1) is 0 Å². The van der Waals surface area contributed by atoms with Crippen molar-refractivity contribution in [3.8, 4) is 0 Å². The molecule has 0 N–H and O–H groups in total. The normalized spacial score (nSPS) is 20.4. The number of benzene rings is 1. The van der Waals surface area contributed by atoms with Gasteiger partial charge in [0.2, 0.25) is 0 Å². The molecule has 0 bridgehead atoms. The van der Waals surface area contributed by atoms with Crippen molar-refractivity contribution in [2.24, 2.45) is 0 Å². The summed E-state index contributed by atoms with van der Waals surface area (Å²) >= 11 is 0.